The number of rotatable bonds is 11. The predicted molar refractivity (Wildman–Crippen MR) is 136 cm³/mol. The van der Waals surface area contributed by atoms with Crippen molar-refractivity contribution in [1.82, 2.24) is 21.3 Å². The molecule has 0 radical (unpaired) electrons. The molecule has 0 aromatic heterocycles. The Morgan fingerprint density at radius 1 is 0.889 bits per heavy atom. The topological polar surface area (TPSA) is 155 Å². The van der Waals surface area contributed by atoms with E-state index in [0.717, 1.165) is 0 Å². The van der Waals surface area contributed by atoms with Crippen molar-refractivity contribution in [2.24, 2.45) is 5.92 Å². The maximum atomic E-state index is 12.6. The van der Waals surface area contributed by atoms with Gasteiger partial charge in [-0.3, -0.25) is 19.2 Å². The van der Waals surface area contributed by atoms with Crippen molar-refractivity contribution in [3.8, 4) is 0 Å². The highest BCUT2D eigenvalue weighted by Crippen LogP contribution is 2.09. The first-order chi connectivity index (χ1) is 16.7. The molecule has 0 spiro atoms. The molecule has 2 unspecified atom stereocenters. The third-order valence-corrected chi connectivity index (χ3v) is 4.70. The van der Waals surface area contributed by atoms with Crippen molar-refractivity contribution in [2.75, 3.05) is 18.4 Å². The van der Waals surface area contributed by atoms with Crippen LogP contribution in [0.1, 0.15) is 41.5 Å². The average Bonchev–Trinajstić information content (AvgIpc) is 2.78. The third-order valence-electron chi connectivity index (χ3n) is 4.70. The minimum Gasteiger partial charge on any atom is -0.444 e. The second-order valence-corrected chi connectivity index (χ2v) is 9.50. The van der Waals surface area contributed by atoms with E-state index in [1.54, 1.807) is 65.8 Å². The van der Waals surface area contributed by atoms with E-state index >= 15 is 0 Å². The van der Waals surface area contributed by atoms with Crippen LogP contribution in [-0.4, -0.2) is 60.5 Å². The van der Waals surface area contributed by atoms with Crippen molar-refractivity contribution in [2.45, 2.75) is 59.2 Å². The molecule has 5 amide bonds. The first kappa shape index (κ1) is 30.1. The van der Waals surface area contributed by atoms with Crippen LogP contribution in [0.3, 0.4) is 0 Å². The van der Waals surface area contributed by atoms with Gasteiger partial charge in [-0.15, -0.1) is 0 Å². The zero-order chi connectivity index (χ0) is 27.5. The van der Waals surface area contributed by atoms with E-state index < -0.39 is 47.4 Å². The van der Waals surface area contributed by atoms with Crippen LogP contribution in [0.25, 0.3) is 0 Å². The molecule has 5 N–H and O–H groups in total. The molecule has 0 fully saturated rings. The molecular formula is C25H37N5O6. The summed E-state index contributed by atoms with van der Waals surface area (Å²) in [6.45, 7) is 13.1. The Morgan fingerprint density at radius 3 is 2.00 bits per heavy atom. The van der Waals surface area contributed by atoms with Crippen molar-refractivity contribution < 1.29 is 28.7 Å². The molecule has 0 saturated carbocycles. The summed E-state index contributed by atoms with van der Waals surface area (Å²) in [5.41, 5.74) is 0.0256. The van der Waals surface area contributed by atoms with Crippen LogP contribution in [-0.2, 0) is 23.9 Å². The van der Waals surface area contributed by atoms with Gasteiger partial charge in [0, 0.05) is 11.3 Å². The summed E-state index contributed by atoms with van der Waals surface area (Å²) in [6.07, 6.45) is -0.756. The Kier molecular flexibility index (Phi) is 11.6. The molecule has 1 rings (SSSR count). The van der Waals surface area contributed by atoms with Crippen molar-refractivity contribution in [1.29, 1.82) is 0 Å². The standard InChI is InChI=1S/C25H37N5O6/c1-15(2)21(30-20(32)14-27-24(35)36-25(5,6)7)23(34)26-13-19(31)28-17(4)16(3)22(33)29-18-11-9-8-10-12-18/h8-12,15,17,21H,3,13-14H2,1-2,4-7H3,(H,26,34)(H,27,35)(H,28,31)(H,29,33)(H,30,32). The van der Waals surface area contributed by atoms with Gasteiger partial charge in [-0.2, -0.15) is 0 Å². The molecule has 0 heterocycles. The van der Waals surface area contributed by atoms with E-state index in [9.17, 15) is 24.0 Å². The molecule has 1 aromatic carbocycles. The lowest BCUT2D eigenvalue weighted by Gasteiger charge is -2.23. The molecule has 0 bridgehead atoms. The number of hydrogen-bond acceptors (Lipinski definition) is 6. The summed E-state index contributed by atoms with van der Waals surface area (Å²) >= 11 is 0. The number of nitrogens with one attached hydrogen (secondary N) is 5. The first-order valence-electron chi connectivity index (χ1n) is 11.6. The fraction of sp³-hybridized carbons (Fsp3) is 0.480. The van der Waals surface area contributed by atoms with Crippen LogP contribution in [0.4, 0.5) is 10.5 Å². The van der Waals surface area contributed by atoms with Gasteiger partial charge in [0.1, 0.15) is 18.2 Å². The fourth-order valence-corrected chi connectivity index (χ4v) is 2.81. The molecule has 11 nitrogen and oxygen atoms in total. The van der Waals surface area contributed by atoms with Crippen LogP contribution in [0.5, 0.6) is 0 Å². The normalized spacial score (nSPS) is 12.5. The number of para-hydroxylation sites is 1. The van der Waals surface area contributed by atoms with Crippen molar-refractivity contribution in [3.05, 3.63) is 42.5 Å². The summed E-state index contributed by atoms with van der Waals surface area (Å²) < 4.78 is 5.06. The number of anilines is 1. The number of alkyl carbamates (subject to hydrolysis) is 1. The number of hydrogen-bond donors (Lipinski definition) is 5. The van der Waals surface area contributed by atoms with E-state index in [-0.39, 0.29) is 24.6 Å². The first-order valence-corrected chi connectivity index (χ1v) is 11.6. The zero-order valence-corrected chi connectivity index (χ0v) is 21.7. The molecule has 0 aliphatic rings. The van der Waals surface area contributed by atoms with Crippen LogP contribution in [0, 0.1) is 5.92 Å². The molecule has 11 heteroatoms. The second-order valence-electron chi connectivity index (χ2n) is 9.50. The highest BCUT2D eigenvalue weighted by Gasteiger charge is 2.25. The smallest absolute Gasteiger partial charge is 0.408 e. The zero-order valence-electron chi connectivity index (χ0n) is 21.7. The van der Waals surface area contributed by atoms with Gasteiger partial charge in [0.15, 0.2) is 0 Å². The van der Waals surface area contributed by atoms with Crippen LogP contribution in [0.2, 0.25) is 0 Å². The van der Waals surface area contributed by atoms with E-state index in [4.69, 9.17) is 4.74 Å². The summed E-state index contributed by atoms with van der Waals surface area (Å²) in [7, 11) is 0. The van der Waals surface area contributed by atoms with Crippen molar-refractivity contribution in [3.63, 3.8) is 0 Å². The lowest BCUT2D eigenvalue weighted by molar-refractivity contribution is -0.131. The molecule has 0 aliphatic heterocycles. The lowest BCUT2D eigenvalue weighted by Crippen LogP contribution is -2.53. The van der Waals surface area contributed by atoms with Gasteiger partial charge in [-0.05, 0) is 45.7 Å². The minimum absolute atomic E-state index is 0.142. The van der Waals surface area contributed by atoms with Gasteiger partial charge in [0.2, 0.25) is 17.7 Å². The summed E-state index contributed by atoms with van der Waals surface area (Å²) in [4.78, 5) is 61.1. The fourth-order valence-electron chi connectivity index (χ4n) is 2.81. The number of amides is 5. The van der Waals surface area contributed by atoms with E-state index in [2.05, 4.69) is 33.2 Å². The van der Waals surface area contributed by atoms with Gasteiger partial charge in [0.25, 0.3) is 5.91 Å². The largest absolute Gasteiger partial charge is 0.444 e. The SMILES string of the molecule is C=C(C(=O)Nc1ccccc1)C(C)NC(=O)CNC(=O)C(NC(=O)CNC(=O)OC(C)(C)C)C(C)C. The highest BCUT2D eigenvalue weighted by atomic mass is 16.6. The monoisotopic (exact) mass is 503 g/mol. The maximum absolute atomic E-state index is 12.6. The quantitative estimate of drug-likeness (QED) is 0.288. The van der Waals surface area contributed by atoms with Gasteiger partial charge in [-0.25, -0.2) is 4.79 Å². The average molecular weight is 504 g/mol. The lowest BCUT2D eigenvalue weighted by atomic mass is 10.0. The van der Waals surface area contributed by atoms with Gasteiger partial charge >= 0.3 is 6.09 Å². The third kappa shape index (κ3) is 11.5. The Labute approximate surface area is 211 Å². The van der Waals surface area contributed by atoms with E-state index in [0.29, 0.717) is 5.69 Å². The Bertz CT molecular complexity index is 955. The van der Waals surface area contributed by atoms with Gasteiger partial charge in [-0.1, -0.05) is 38.6 Å². The Morgan fingerprint density at radius 2 is 1.44 bits per heavy atom. The predicted octanol–water partition coefficient (Wildman–Crippen LogP) is 1.47. The van der Waals surface area contributed by atoms with Crippen LogP contribution in [0.15, 0.2) is 42.5 Å². The highest BCUT2D eigenvalue weighted by molar-refractivity contribution is 6.04. The molecule has 0 saturated heterocycles. The molecule has 36 heavy (non-hydrogen) atoms. The number of carbonyl (C=O) groups excluding carboxylic acids is 5. The molecular weight excluding hydrogens is 466 g/mol. The van der Waals surface area contributed by atoms with E-state index in [1.165, 1.54) is 0 Å². The second kappa shape index (κ2) is 13.9. The summed E-state index contributed by atoms with van der Waals surface area (Å²) in [5.74, 6) is -2.43. The van der Waals surface area contributed by atoms with Crippen LogP contribution < -0.4 is 26.6 Å². The van der Waals surface area contributed by atoms with Crippen LogP contribution >= 0.6 is 0 Å². The summed E-state index contributed by atoms with van der Waals surface area (Å²) in [6, 6.07) is 7.20. The molecule has 1 aromatic rings. The Balaban J connectivity index is 2.51. The Hall–Kier alpha value is -3.89. The molecule has 198 valence electrons. The van der Waals surface area contributed by atoms with Gasteiger partial charge in [0.05, 0.1) is 12.6 Å². The maximum Gasteiger partial charge on any atom is 0.408 e. The van der Waals surface area contributed by atoms with Gasteiger partial charge < -0.3 is 31.3 Å². The number of ether oxygens (including phenoxy) is 1. The van der Waals surface area contributed by atoms with E-state index in [1.807, 2.05) is 6.07 Å². The molecule has 2 atom stereocenters. The molecule has 0 aliphatic carbocycles. The number of carbonyl (C=O) groups is 5. The summed E-state index contributed by atoms with van der Waals surface area (Å²) in [5, 5.41) is 12.6. The minimum atomic E-state index is -0.935. The number of benzene rings is 1. The van der Waals surface area contributed by atoms with Crippen molar-refractivity contribution >= 4 is 35.4 Å².